The molecule has 0 aliphatic rings. The molecule has 0 saturated carbocycles. The van der Waals surface area contributed by atoms with Crippen molar-refractivity contribution in [3.05, 3.63) is 75.5 Å². The summed E-state index contributed by atoms with van der Waals surface area (Å²) in [7, 11) is 0. The Morgan fingerprint density at radius 2 is 1.82 bits per heavy atom. The van der Waals surface area contributed by atoms with Crippen molar-refractivity contribution in [1.29, 1.82) is 0 Å². The van der Waals surface area contributed by atoms with Gasteiger partial charge >= 0.3 is 6.03 Å². The van der Waals surface area contributed by atoms with Crippen LogP contribution in [0.25, 0.3) is 5.69 Å². The smallest absolute Gasteiger partial charge is 0.339 e. The molecule has 6 nitrogen and oxygen atoms in total. The summed E-state index contributed by atoms with van der Waals surface area (Å²) in [6.45, 7) is 5.92. The maximum absolute atomic E-state index is 12.0. The lowest BCUT2D eigenvalue weighted by atomic mass is 10.2. The third-order valence-corrected chi connectivity index (χ3v) is 5.25. The fraction of sp³-hybridized carbons (Fsp3) is 0.143. The van der Waals surface area contributed by atoms with Gasteiger partial charge in [-0.15, -0.1) is 0 Å². The molecule has 144 valence electrons. The number of halogens is 1. The van der Waals surface area contributed by atoms with Crippen LogP contribution in [0.3, 0.4) is 0 Å². The van der Waals surface area contributed by atoms with Crippen LogP contribution in [-0.2, 0) is 0 Å². The molecule has 0 spiro atoms. The Balaban J connectivity index is 1.69. The van der Waals surface area contributed by atoms with Gasteiger partial charge in [0.1, 0.15) is 5.75 Å². The van der Waals surface area contributed by atoms with Crippen molar-refractivity contribution >= 4 is 33.9 Å². The van der Waals surface area contributed by atoms with Crippen LogP contribution in [0, 0.1) is 20.8 Å². The largest absolute Gasteiger partial charge is 0.508 e. The second-order valence-corrected chi connectivity index (χ2v) is 7.32. The predicted octanol–water partition coefficient (Wildman–Crippen LogP) is 5.03. The summed E-state index contributed by atoms with van der Waals surface area (Å²) in [5.41, 5.74) is 8.06. The Bertz CT molecular complexity index is 1040. The monoisotopic (exact) mass is 440 g/mol. The van der Waals surface area contributed by atoms with Crippen molar-refractivity contribution in [1.82, 2.24) is 9.99 Å². The first-order chi connectivity index (χ1) is 13.3. The van der Waals surface area contributed by atoms with E-state index in [9.17, 15) is 9.90 Å². The zero-order chi connectivity index (χ0) is 20.3. The van der Waals surface area contributed by atoms with Gasteiger partial charge in [0.05, 0.1) is 6.21 Å². The number of urea groups is 1. The maximum Gasteiger partial charge on any atom is 0.339 e. The predicted molar refractivity (Wildman–Crippen MR) is 116 cm³/mol. The Morgan fingerprint density at radius 3 is 2.50 bits per heavy atom. The molecular weight excluding hydrogens is 420 g/mol. The SMILES string of the molecule is Cc1cc(NC(=O)N/N=C/c2cc(C)n(-c3ccc(O)cc3)c2C)ccc1Br. The lowest BCUT2D eigenvalue weighted by Crippen LogP contribution is -2.24. The number of anilines is 1. The number of nitrogens with one attached hydrogen (secondary N) is 2. The minimum absolute atomic E-state index is 0.226. The summed E-state index contributed by atoms with van der Waals surface area (Å²) < 4.78 is 3.05. The molecule has 1 heterocycles. The second kappa shape index (κ2) is 8.31. The van der Waals surface area contributed by atoms with E-state index in [1.54, 1.807) is 18.3 Å². The number of phenolic OH excluding ortho intramolecular Hbond substituents is 1. The van der Waals surface area contributed by atoms with Gasteiger partial charge in [0.25, 0.3) is 0 Å². The Morgan fingerprint density at radius 1 is 1.11 bits per heavy atom. The molecule has 0 aliphatic carbocycles. The summed E-state index contributed by atoms with van der Waals surface area (Å²) in [6.07, 6.45) is 1.62. The molecule has 28 heavy (non-hydrogen) atoms. The molecule has 1 aromatic heterocycles. The topological polar surface area (TPSA) is 78.7 Å². The molecule has 3 aromatic rings. The minimum atomic E-state index is -0.412. The van der Waals surface area contributed by atoms with Crippen LogP contribution in [-0.4, -0.2) is 21.9 Å². The highest BCUT2D eigenvalue weighted by Gasteiger charge is 2.09. The van der Waals surface area contributed by atoms with Gasteiger partial charge in [0, 0.05) is 32.8 Å². The highest BCUT2D eigenvalue weighted by molar-refractivity contribution is 9.10. The molecule has 0 aliphatic heterocycles. The van der Waals surface area contributed by atoms with Gasteiger partial charge < -0.3 is 15.0 Å². The van der Waals surface area contributed by atoms with Crippen molar-refractivity contribution in [3.63, 3.8) is 0 Å². The van der Waals surface area contributed by atoms with Crippen LogP contribution < -0.4 is 10.7 Å². The normalized spacial score (nSPS) is 11.0. The number of amides is 2. The number of hydrogen-bond acceptors (Lipinski definition) is 3. The van der Waals surface area contributed by atoms with E-state index in [1.165, 1.54) is 0 Å². The number of carbonyl (C=O) groups excluding carboxylic acids is 1. The van der Waals surface area contributed by atoms with Crippen LogP contribution in [0.1, 0.15) is 22.5 Å². The molecule has 0 bridgehead atoms. The van der Waals surface area contributed by atoms with E-state index in [1.807, 2.05) is 57.2 Å². The molecule has 3 N–H and O–H groups in total. The molecule has 0 unspecified atom stereocenters. The first-order valence-corrected chi connectivity index (χ1v) is 9.49. The molecule has 0 radical (unpaired) electrons. The Kier molecular flexibility index (Phi) is 5.84. The van der Waals surface area contributed by atoms with Crippen LogP contribution in [0.4, 0.5) is 10.5 Å². The van der Waals surface area contributed by atoms with Gasteiger partial charge in [-0.05, 0) is 74.9 Å². The minimum Gasteiger partial charge on any atom is -0.508 e. The fourth-order valence-corrected chi connectivity index (χ4v) is 3.21. The molecule has 2 amide bonds. The maximum atomic E-state index is 12.0. The molecule has 0 saturated heterocycles. The van der Waals surface area contributed by atoms with E-state index < -0.39 is 6.03 Å². The van der Waals surface area contributed by atoms with Gasteiger partial charge in [-0.2, -0.15) is 5.10 Å². The number of hydrazone groups is 1. The summed E-state index contributed by atoms with van der Waals surface area (Å²) in [6, 6.07) is 14.1. The van der Waals surface area contributed by atoms with Crippen molar-refractivity contribution in [2.45, 2.75) is 20.8 Å². The van der Waals surface area contributed by atoms with Crippen molar-refractivity contribution in [3.8, 4) is 11.4 Å². The zero-order valence-electron chi connectivity index (χ0n) is 15.8. The van der Waals surface area contributed by atoms with Crippen molar-refractivity contribution in [2.24, 2.45) is 5.10 Å². The number of aromatic nitrogens is 1. The summed E-state index contributed by atoms with van der Waals surface area (Å²) in [4.78, 5) is 12.0. The van der Waals surface area contributed by atoms with E-state index in [-0.39, 0.29) is 5.75 Å². The first-order valence-electron chi connectivity index (χ1n) is 8.69. The van der Waals surface area contributed by atoms with E-state index in [0.717, 1.165) is 32.7 Å². The molecule has 7 heteroatoms. The van der Waals surface area contributed by atoms with E-state index >= 15 is 0 Å². The van der Waals surface area contributed by atoms with Crippen LogP contribution in [0.15, 0.2) is 58.1 Å². The zero-order valence-corrected chi connectivity index (χ0v) is 17.4. The van der Waals surface area contributed by atoms with Crippen molar-refractivity contribution < 1.29 is 9.90 Å². The summed E-state index contributed by atoms with van der Waals surface area (Å²) in [5.74, 6) is 0.226. The third kappa shape index (κ3) is 4.43. The van der Waals surface area contributed by atoms with Gasteiger partial charge in [0.2, 0.25) is 0 Å². The van der Waals surface area contributed by atoms with Gasteiger partial charge in [0.15, 0.2) is 0 Å². The van der Waals surface area contributed by atoms with Crippen LogP contribution >= 0.6 is 15.9 Å². The lowest BCUT2D eigenvalue weighted by molar-refractivity contribution is 0.252. The van der Waals surface area contributed by atoms with E-state index in [2.05, 4.69) is 36.3 Å². The highest BCUT2D eigenvalue weighted by Crippen LogP contribution is 2.22. The molecule has 0 fully saturated rings. The number of rotatable bonds is 4. The van der Waals surface area contributed by atoms with Crippen LogP contribution in [0.2, 0.25) is 0 Å². The second-order valence-electron chi connectivity index (χ2n) is 6.47. The third-order valence-electron chi connectivity index (χ3n) is 4.36. The molecular formula is C21H21BrN4O2. The van der Waals surface area contributed by atoms with E-state index in [4.69, 9.17) is 0 Å². The first kappa shape index (κ1) is 19.7. The van der Waals surface area contributed by atoms with Crippen molar-refractivity contribution in [2.75, 3.05) is 5.32 Å². The molecule has 3 rings (SSSR count). The van der Waals surface area contributed by atoms with E-state index in [0.29, 0.717) is 5.69 Å². The number of nitrogens with zero attached hydrogens (tertiary/aromatic N) is 2. The summed E-state index contributed by atoms with van der Waals surface area (Å²) in [5, 5.41) is 16.3. The fourth-order valence-electron chi connectivity index (χ4n) is 2.96. The molecule has 2 aromatic carbocycles. The lowest BCUT2D eigenvalue weighted by Gasteiger charge is -2.09. The Labute approximate surface area is 172 Å². The number of aryl methyl sites for hydroxylation is 2. The Hall–Kier alpha value is -3.06. The molecule has 0 atom stereocenters. The average Bonchev–Trinajstić information content (AvgIpc) is 2.93. The number of carbonyl (C=O) groups is 1. The quantitative estimate of drug-likeness (QED) is 0.393. The van der Waals surface area contributed by atoms with Gasteiger partial charge in [-0.25, -0.2) is 10.2 Å². The number of aromatic hydroxyl groups is 1. The van der Waals surface area contributed by atoms with Crippen LogP contribution in [0.5, 0.6) is 5.75 Å². The highest BCUT2D eigenvalue weighted by atomic mass is 79.9. The number of hydrogen-bond donors (Lipinski definition) is 3. The summed E-state index contributed by atoms with van der Waals surface area (Å²) >= 11 is 3.43. The van der Waals surface area contributed by atoms with Gasteiger partial charge in [-0.3, -0.25) is 0 Å². The number of phenols is 1. The number of benzene rings is 2. The average molecular weight is 441 g/mol. The standard InChI is InChI=1S/C21H21BrN4O2/c1-13-10-17(4-9-20(13)22)24-21(28)25-23-12-16-11-14(2)26(15(16)3)18-5-7-19(27)8-6-18/h4-12,27H,1-3H3,(H2,24,25,28)/b23-12+. The van der Waals surface area contributed by atoms with Gasteiger partial charge in [-0.1, -0.05) is 15.9 Å².